The van der Waals surface area contributed by atoms with Crippen LogP contribution in [0.25, 0.3) is 0 Å². The summed E-state index contributed by atoms with van der Waals surface area (Å²) in [6, 6.07) is 14.6. The van der Waals surface area contributed by atoms with E-state index in [-0.39, 0.29) is 20.6 Å². The zero-order valence-electron chi connectivity index (χ0n) is 18.4. The van der Waals surface area contributed by atoms with Gasteiger partial charge >= 0.3 is 0 Å². The quantitative estimate of drug-likeness (QED) is 0.356. The Morgan fingerprint density at radius 3 is 2.06 bits per heavy atom. The van der Waals surface area contributed by atoms with Gasteiger partial charge in [0.15, 0.2) is 0 Å². The van der Waals surface area contributed by atoms with Crippen molar-refractivity contribution in [3.8, 4) is 0 Å². The minimum atomic E-state index is -3.95. The molecule has 0 heterocycles. The van der Waals surface area contributed by atoms with E-state index in [1.165, 1.54) is 42.5 Å². The number of sulfonamides is 2. The molecule has 35 heavy (non-hydrogen) atoms. The van der Waals surface area contributed by atoms with E-state index < -0.39 is 32.5 Å². The van der Waals surface area contributed by atoms with E-state index in [9.17, 15) is 21.6 Å². The van der Waals surface area contributed by atoms with E-state index in [0.717, 1.165) is 20.6 Å². The molecule has 186 valence electrons. The Bertz CT molecular complexity index is 1460. The SMILES string of the molecule is Cc1cc(N(CC(=O)Nc2ccc(S(=O)(=O)Nc3cc(Cl)cc(Cl)c3)cc2)S(C)(=O)=O)ccc1Br. The van der Waals surface area contributed by atoms with Gasteiger partial charge in [0.05, 0.1) is 22.5 Å². The predicted octanol–water partition coefficient (Wildman–Crippen LogP) is 5.27. The Balaban J connectivity index is 1.73. The number of anilines is 3. The number of hydrogen-bond donors (Lipinski definition) is 2. The van der Waals surface area contributed by atoms with Crippen LogP contribution in [0.4, 0.5) is 17.1 Å². The van der Waals surface area contributed by atoms with Crippen LogP contribution >= 0.6 is 39.1 Å². The van der Waals surface area contributed by atoms with E-state index in [1.807, 2.05) is 0 Å². The van der Waals surface area contributed by atoms with Gasteiger partial charge in [-0.15, -0.1) is 0 Å². The molecule has 0 aliphatic heterocycles. The number of nitrogens with zero attached hydrogens (tertiary/aromatic N) is 1. The molecule has 0 saturated heterocycles. The zero-order valence-corrected chi connectivity index (χ0v) is 23.2. The molecule has 13 heteroatoms. The number of carbonyl (C=O) groups is 1. The average molecular weight is 621 g/mol. The number of benzene rings is 3. The standard InChI is InChI=1S/C22H20BrCl2N3O5S2/c1-14-9-19(5-8-21(14)23)28(34(2,30)31)13-22(29)26-17-3-6-20(7-4-17)35(32,33)27-18-11-15(24)10-16(25)12-18/h3-12,27H,13H2,1-2H3,(H,26,29). The first-order valence-electron chi connectivity index (χ1n) is 9.87. The maximum absolute atomic E-state index is 12.7. The molecule has 0 unspecified atom stereocenters. The lowest BCUT2D eigenvalue weighted by molar-refractivity contribution is -0.114. The number of carbonyl (C=O) groups excluding carboxylic acids is 1. The lowest BCUT2D eigenvalue weighted by Crippen LogP contribution is -2.37. The van der Waals surface area contributed by atoms with Gasteiger partial charge in [-0.05, 0) is 73.2 Å². The number of amides is 1. The van der Waals surface area contributed by atoms with Crippen LogP contribution in [0.5, 0.6) is 0 Å². The molecule has 0 aliphatic rings. The predicted molar refractivity (Wildman–Crippen MR) is 143 cm³/mol. The van der Waals surface area contributed by atoms with Crippen LogP contribution in [0.3, 0.4) is 0 Å². The van der Waals surface area contributed by atoms with E-state index in [1.54, 1.807) is 25.1 Å². The molecular weight excluding hydrogens is 601 g/mol. The van der Waals surface area contributed by atoms with Crippen molar-refractivity contribution in [2.24, 2.45) is 0 Å². The number of halogens is 3. The van der Waals surface area contributed by atoms with Crippen molar-refractivity contribution < 1.29 is 21.6 Å². The first-order chi connectivity index (χ1) is 16.2. The summed E-state index contributed by atoms with van der Waals surface area (Å²) < 4.78 is 54.1. The molecular formula is C22H20BrCl2N3O5S2. The Hall–Kier alpha value is -2.31. The van der Waals surface area contributed by atoms with Crippen molar-refractivity contribution in [2.75, 3.05) is 27.1 Å². The molecule has 0 saturated carbocycles. The molecule has 0 aliphatic carbocycles. The monoisotopic (exact) mass is 619 g/mol. The van der Waals surface area contributed by atoms with Crippen molar-refractivity contribution >= 4 is 82.1 Å². The second-order valence-electron chi connectivity index (χ2n) is 7.54. The van der Waals surface area contributed by atoms with Crippen LogP contribution in [-0.2, 0) is 24.8 Å². The molecule has 0 fully saturated rings. The van der Waals surface area contributed by atoms with Gasteiger partial charge in [-0.1, -0.05) is 39.1 Å². The number of nitrogens with one attached hydrogen (secondary N) is 2. The van der Waals surface area contributed by atoms with Crippen LogP contribution < -0.4 is 14.3 Å². The Morgan fingerprint density at radius 2 is 1.51 bits per heavy atom. The summed E-state index contributed by atoms with van der Waals surface area (Å²) in [4.78, 5) is 12.5. The highest BCUT2D eigenvalue weighted by atomic mass is 79.9. The number of aryl methyl sites for hydroxylation is 1. The molecule has 3 aromatic carbocycles. The van der Waals surface area contributed by atoms with Crippen molar-refractivity contribution in [3.05, 3.63) is 80.7 Å². The van der Waals surface area contributed by atoms with Crippen LogP contribution in [0.15, 0.2) is 70.0 Å². The molecule has 0 atom stereocenters. The Kier molecular flexibility index (Phi) is 8.38. The second-order valence-corrected chi connectivity index (χ2v) is 12.9. The van der Waals surface area contributed by atoms with E-state index >= 15 is 0 Å². The summed E-state index contributed by atoms with van der Waals surface area (Å²) in [6.45, 7) is 1.34. The van der Waals surface area contributed by atoms with Crippen molar-refractivity contribution in [1.82, 2.24) is 0 Å². The largest absolute Gasteiger partial charge is 0.325 e. The third-order valence-corrected chi connectivity index (χ3v) is 8.54. The zero-order chi connectivity index (χ0) is 26.0. The van der Waals surface area contributed by atoms with Gasteiger partial charge in [0.1, 0.15) is 6.54 Å². The van der Waals surface area contributed by atoms with Crippen LogP contribution in [-0.4, -0.2) is 35.5 Å². The van der Waals surface area contributed by atoms with E-state index in [2.05, 4.69) is 26.0 Å². The fourth-order valence-electron chi connectivity index (χ4n) is 3.06. The molecule has 0 bridgehead atoms. The van der Waals surface area contributed by atoms with Crippen molar-refractivity contribution in [2.45, 2.75) is 11.8 Å². The fraction of sp³-hybridized carbons (Fsp3) is 0.136. The fourth-order valence-corrected chi connectivity index (χ4v) is 5.72. The first kappa shape index (κ1) is 27.3. The van der Waals surface area contributed by atoms with Gasteiger partial charge in [-0.2, -0.15) is 0 Å². The molecule has 1 amide bonds. The third kappa shape index (κ3) is 7.34. The van der Waals surface area contributed by atoms with Crippen molar-refractivity contribution in [1.29, 1.82) is 0 Å². The third-order valence-electron chi connectivity index (χ3n) is 4.68. The van der Waals surface area contributed by atoms with Crippen LogP contribution in [0.1, 0.15) is 5.56 Å². The number of rotatable bonds is 8. The van der Waals surface area contributed by atoms with E-state index in [4.69, 9.17) is 23.2 Å². The summed E-state index contributed by atoms with van der Waals surface area (Å²) in [5, 5.41) is 3.12. The van der Waals surface area contributed by atoms with Gasteiger partial charge in [0, 0.05) is 20.2 Å². The maximum Gasteiger partial charge on any atom is 0.261 e. The van der Waals surface area contributed by atoms with Gasteiger partial charge in [0.25, 0.3) is 10.0 Å². The van der Waals surface area contributed by atoms with Gasteiger partial charge in [-0.3, -0.25) is 13.8 Å². The number of hydrogen-bond acceptors (Lipinski definition) is 5. The maximum atomic E-state index is 12.7. The lowest BCUT2D eigenvalue weighted by Gasteiger charge is -2.22. The Labute approximate surface area is 222 Å². The smallest absolute Gasteiger partial charge is 0.261 e. The minimum absolute atomic E-state index is 0.0605. The van der Waals surface area contributed by atoms with Crippen LogP contribution in [0.2, 0.25) is 10.0 Å². The van der Waals surface area contributed by atoms with Gasteiger partial charge in [0.2, 0.25) is 15.9 Å². The summed E-state index contributed by atoms with van der Waals surface area (Å²) in [5.41, 5.74) is 1.64. The second kappa shape index (κ2) is 10.8. The van der Waals surface area contributed by atoms with Gasteiger partial charge in [-0.25, -0.2) is 16.8 Å². The van der Waals surface area contributed by atoms with Gasteiger partial charge < -0.3 is 5.32 Å². The van der Waals surface area contributed by atoms with Crippen LogP contribution in [0, 0.1) is 6.92 Å². The average Bonchev–Trinajstić information content (AvgIpc) is 2.72. The molecule has 0 radical (unpaired) electrons. The topological polar surface area (TPSA) is 113 Å². The first-order valence-corrected chi connectivity index (χ1v) is 14.8. The normalized spacial score (nSPS) is 11.7. The molecule has 0 spiro atoms. The summed E-state index contributed by atoms with van der Waals surface area (Å²) in [6.07, 6.45) is 1.01. The highest BCUT2D eigenvalue weighted by molar-refractivity contribution is 9.10. The molecule has 3 aromatic rings. The minimum Gasteiger partial charge on any atom is -0.325 e. The lowest BCUT2D eigenvalue weighted by atomic mass is 10.2. The summed E-state index contributed by atoms with van der Waals surface area (Å²) in [7, 11) is -7.69. The highest BCUT2D eigenvalue weighted by Crippen LogP contribution is 2.26. The van der Waals surface area contributed by atoms with Crippen molar-refractivity contribution in [3.63, 3.8) is 0 Å². The highest BCUT2D eigenvalue weighted by Gasteiger charge is 2.22. The Morgan fingerprint density at radius 1 is 0.914 bits per heavy atom. The molecule has 0 aromatic heterocycles. The summed E-state index contributed by atoms with van der Waals surface area (Å²) in [5.74, 6) is -0.599. The summed E-state index contributed by atoms with van der Waals surface area (Å²) >= 11 is 15.2. The molecule has 2 N–H and O–H groups in total. The molecule has 3 rings (SSSR count). The van der Waals surface area contributed by atoms with E-state index in [0.29, 0.717) is 11.4 Å². The molecule has 8 nitrogen and oxygen atoms in total.